The second-order valence-electron chi connectivity index (χ2n) is 8.84. The van der Waals surface area contributed by atoms with E-state index in [0.717, 1.165) is 42.0 Å². The van der Waals surface area contributed by atoms with Gasteiger partial charge < -0.3 is 14.2 Å². The Labute approximate surface area is 198 Å². The number of ether oxygens (including phenoxy) is 1. The Morgan fingerprint density at radius 2 is 1.48 bits per heavy atom. The zero-order chi connectivity index (χ0) is 22.9. The lowest BCUT2D eigenvalue weighted by Crippen LogP contribution is -2.28. The van der Waals surface area contributed by atoms with Gasteiger partial charge in [-0.3, -0.25) is 0 Å². The van der Waals surface area contributed by atoms with Gasteiger partial charge >= 0.3 is 0 Å². The van der Waals surface area contributed by atoms with Crippen molar-refractivity contribution in [1.29, 1.82) is 0 Å². The van der Waals surface area contributed by atoms with Gasteiger partial charge in [0.1, 0.15) is 18.2 Å². The first-order valence-electron chi connectivity index (χ1n) is 12.6. The molecule has 4 rings (SSSR count). The van der Waals surface area contributed by atoms with Gasteiger partial charge in [-0.05, 0) is 62.5 Å². The van der Waals surface area contributed by atoms with E-state index in [1.807, 2.05) is 0 Å². The molecular weight excluding hydrogens is 406 g/mol. The van der Waals surface area contributed by atoms with Gasteiger partial charge in [-0.15, -0.1) is 0 Å². The standard InChI is InChI=1S/C29H37N3O/c1-3-5-19-31(20-6-4-2)21-12-22-32-27-17-10-9-16-26(27)30-29(32)23-33-28-18-11-14-24-13-7-8-15-25(24)28/h7-11,13-18H,3-6,12,19-23H2,1-2H3. The van der Waals surface area contributed by atoms with Crippen LogP contribution < -0.4 is 4.74 Å². The number of aromatic nitrogens is 2. The van der Waals surface area contributed by atoms with Crippen molar-refractivity contribution in [1.82, 2.24) is 14.5 Å². The predicted octanol–water partition coefficient (Wildman–Crippen LogP) is 7.06. The van der Waals surface area contributed by atoms with Crippen LogP contribution in [0.2, 0.25) is 0 Å². The molecule has 0 fully saturated rings. The third kappa shape index (κ3) is 5.94. The first-order chi connectivity index (χ1) is 16.3. The number of hydrogen-bond donors (Lipinski definition) is 0. The highest BCUT2D eigenvalue weighted by Gasteiger charge is 2.13. The first-order valence-corrected chi connectivity index (χ1v) is 12.6. The molecular formula is C29H37N3O. The SMILES string of the molecule is CCCCN(CCCC)CCCn1c(COc2cccc3ccccc23)nc2ccccc21. The van der Waals surface area contributed by atoms with Gasteiger partial charge in [-0.25, -0.2) is 4.98 Å². The summed E-state index contributed by atoms with van der Waals surface area (Å²) in [5, 5.41) is 2.34. The fourth-order valence-electron chi connectivity index (χ4n) is 4.50. The number of benzene rings is 3. The molecule has 0 amide bonds. The maximum absolute atomic E-state index is 6.32. The molecule has 4 heteroatoms. The lowest BCUT2D eigenvalue weighted by atomic mass is 10.1. The van der Waals surface area contributed by atoms with Gasteiger partial charge in [0.2, 0.25) is 0 Å². The van der Waals surface area contributed by atoms with Crippen LogP contribution in [0.5, 0.6) is 5.75 Å². The minimum Gasteiger partial charge on any atom is -0.485 e. The average molecular weight is 444 g/mol. The first kappa shape index (κ1) is 23.3. The third-order valence-electron chi connectivity index (χ3n) is 6.35. The summed E-state index contributed by atoms with van der Waals surface area (Å²) in [5.41, 5.74) is 2.24. The Bertz CT molecular complexity index is 1140. The average Bonchev–Trinajstić information content (AvgIpc) is 3.21. The maximum Gasteiger partial charge on any atom is 0.147 e. The topological polar surface area (TPSA) is 30.3 Å². The van der Waals surface area contributed by atoms with Crippen LogP contribution >= 0.6 is 0 Å². The maximum atomic E-state index is 6.32. The number of aryl methyl sites for hydroxylation is 1. The molecule has 0 atom stereocenters. The molecule has 4 nitrogen and oxygen atoms in total. The number of hydrogen-bond acceptors (Lipinski definition) is 3. The molecule has 0 N–H and O–H groups in total. The summed E-state index contributed by atoms with van der Waals surface area (Å²) in [5.74, 6) is 1.91. The second-order valence-corrected chi connectivity index (χ2v) is 8.84. The van der Waals surface area contributed by atoms with Gasteiger partial charge in [0.15, 0.2) is 0 Å². The second kappa shape index (κ2) is 11.9. The zero-order valence-electron chi connectivity index (χ0n) is 20.2. The molecule has 0 aliphatic heterocycles. The quantitative estimate of drug-likeness (QED) is 0.221. The third-order valence-corrected chi connectivity index (χ3v) is 6.35. The van der Waals surface area contributed by atoms with E-state index in [-0.39, 0.29) is 0 Å². The summed E-state index contributed by atoms with van der Waals surface area (Å²) >= 11 is 0. The van der Waals surface area contributed by atoms with Crippen LogP contribution in [0, 0.1) is 0 Å². The highest BCUT2D eigenvalue weighted by molar-refractivity contribution is 5.88. The van der Waals surface area contributed by atoms with Crippen molar-refractivity contribution in [3.8, 4) is 5.75 Å². The molecule has 174 valence electrons. The Hall–Kier alpha value is -2.85. The van der Waals surface area contributed by atoms with Crippen LogP contribution in [0.4, 0.5) is 0 Å². The Morgan fingerprint density at radius 1 is 0.788 bits per heavy atom. The van der Waals surface area contributed by atoms with Crippen molar-refractivity contribution in [2.75, 3.05) is 19.6 Å². The zero-order valence-corrected chi connectivity index (χ0v) is 20.2. The molecule has 1 aromatic heterocycles. The molecule has 0 spiro atoms. The number of fused-ring (bicyclic) bond motifs is 2. The van der Waals surface area contributed by atoms with E-state index in [1.165, 1.54) is 49.7 Å². The van der Waals surface area contributed by atoms with E-state index in [9.17, 15) is 0 Å². The molecule has 1 heterocycles. The summed E-state index contributed by atoms with van der Waals surface area (Å²) < 4.78 is 8.67. The molecule has 0 aliphatic rings. The number of unbranched alkanes of at least 4 members (excludes halogenated alkanes) is 2. The van der Waals surface area contributed by atoms with E-state index in [2.05, 4.69) is 90.0 Å². The molecule has 0 aliphatic carbocycles. The van der Waals surface area contributed by atoms with E-state index in [4.69, 9.17) is 9.72 Å². The van der Waals surface area contributed by atoms with E-state index < -0.39 is 0 Å². The Kier molecular flexibility index (Phi) is 8.37. The summed E-state index contributed by atoms with van der Waals surface area (Å²) in [4.78, 5) is 7.57. The summed E-state index contributed by atoms with van der Waals surface area (Å²) in [6.07, 6.45) is 6.19. The van der Waals surface area contributed by atoms with Crippen molar-refractivity contribution in [2.45, 2.75) is 59.1 Å². The molecule has 3 aromatic carbocycles. The van der Waals surface area contributed by atoms with Gasteiger partial charge in [-0.2, -0.15) is 0 Å². The van der Waals surface area contributed by atoms with Crippen LogP contribution in [0.25, 0.3) is 21.8 Å². The number of nitrogens with zero attached hydrogens (tertiary/aromatic N) is 3. The molecule has 0 radical (unpaired) electrons. The monoisotopic (exact) mass is 443 g/mol. The summed E-state index contributed by atoms with van der Waals surface area (Å²) in [6.45, 7) is 9.53. The molecule has 4 aromatic rings. The fourth-order valence-corrected chi connectivity index (χ4v) is 4.50. The minimum atomic E-state index is 0.470. The Balaban J connectivity index is 1.48. The van der Waals surface area contributed by atoms with E-state index >= 15 is 0 Å². The number of rotatable bonds is 13. The van der Waals surface area contributed by atoms with Crippen LogP contribution in [0.15, 0.2) is 66.7 Å². The normalized spacial score (nSPS) is 11.6. The summed E-state index contributed by atoms with van der Waals surface area (Å²) in [6, 6.07) is 23.0. The lowest BCUT2D eigenvalue weighted by Gasteiger charge is -2.22. The van der Waals surface area contributed by atoms with E-state index in [0.29, 0.717) is 6.61 Å². The summed E-state index contributed by atoms with van der Waals surface area (Å²) in [7, 11) is 0. The fraction of sp³-hybridized carbons (Fsp3) is 0.414. The molecule has 0 saturated heterocycles. The minimum absolute atomic E-state index is 0.470. The van der Waals surface area contributed by atoms with Crippen LogP contribution in [0.3, 0.4) is 0 Å². The van der Waals surface area contributed by atoms with Gasteiger partial charge in [0.05, 0.1) is 11.0 Å². The van der Waals surface area contributed by atoms with Gasteiger partial charge in [-0.1, -0.05) is 75.2 Å². The van der Waals surface area contributed by atoms with Crippen molar-refractivity contribution < 1.29 is 4.74 Å². The predicted molar refractivity (Wildman–Crippen MR) is 139 cm³/mol. The molecule has 0 bridgehead atoms. The lowest BCUT2D eigenvalue weighted by molar-refractivity contribution is 0.254. The van der Waals surface area contributed by atoms with Crippen molar-refractivity contribution in [2.24, 2.45) is 0 Å². The molecule has 0 unspecified atom stereocenters. The van der Waals surface area contributed by atoms with Crippen LogP contribution in [-0.4, -0.2) is 34.1 Å². The highest BCUT2D eigenvalue weighted by Crippen LogP contribution is 2.26. The molecule has 0 saturated carbocycles. The van der Waals surface area contributed by atoms with Gasteiger partial charge in [0.25, 0.3) is 0 Å². The van der Waals surface area contributed by atoms with Crippen molar-refractivity contribution in [3.05, 3.63) is 72.6 Å². The number of imidazole rings is 1. The van der Waals surface area contributed by atoms with E-state index in [1.54, 1.807) is 0 Å². The van der Waals surface area contributed by atoms with Crippen LogP contribution in [-0.2, 0) is 13.2 Å². The Morgan fingerprint density at radius 3 is 2.30 bits per heavy atom. The highest BCUT2D eigenvalue weighted by atomic mass is 16.5. The smallest absolute Gasteiger partial charge is 0.147 e. The van der Waals surface area contributed by atoms with Crippen molar-refractivity contribution >= 4 is 21.8 Å². The van der Waals surface area contributed by atoms with Crippen LogP contribution in [0.1, 0.15) is 51.8 Å². The van der Waals surface area contributed by atoms with Crippen molar-refractivity contribution in [3.63, 3.8) is 0 Å². The largest absolute Gasteiger partial charge is 0.485 e. The molecule has 33 heavy (non-hydrogen) atoms. The van der Waals surface area contributed by atoms with Gasteiger partial charge in [0, 0.05) is 11.9 Å². The number of para-hydroxylation sites is 2.